The number of nitrogens with zero attached hydrogens (tertiary/aromatic N) is 1. The van der Waals surface area contributed by atoms with E-state index < -0.39 is 5.09 Å². The van der Waals surface area contributed by atoms with E-state index in [9.17, 15) is 24.8 Å². The van der Waals surface area contributed by atoms with Crippen molar-refractivity contribution in [2.75, 3.05) is 0 Å². The summed E-state index contributed by atoms with van der Waals surface area (Å²) in [5.74, 6) is 0.854. The number of Topliss-reactive ketones (excluding diaryl/α,β-unsaturated/α-hetero) is 1. The molecule has 0 spiro atoms. The second-order valence-electron chi connectivity index (χ2n) is 9.58. The van der Waals surface area contributed by atoms with Crippen molar-refractivity contribution in [2.45, 2.75) is 116 Å². The Morgan fingerprint density at radius 2 is 1.89 bits per heavy atom. The second-order valence-corrected chi connectivity index (χ2v) is 9.58. The molecule has 2 atom stereocenters. The van der Waals surface area contributed by atoms with Crippen LogP contribution in [0, 0.1) is 16.0 Å². The Morgan fingerprint density at radius 3 is 2.57 bits per heavy atom. The Balaban J connectivity index is 0.000000375. The molecule has 0 saturated heterocycles. The first kappa shape index (κ1) is 32.3. The zero-order valence-electron chi connectivity index (χ0n) is 22.6. The molecule has 1 N–H and O–H groups in total. The summed E-state index contributed by atoms with van der Waals surface area (Å²) in [5, 5.41) is 18.9. The Hall–Kier alpha value is -2.74. The molecule has 37 heavy (non-hydrogen) atoms. The maximum absolute atomic E-state index is 11.7. The van der Waals surface area contributed by atoms with E-state index in [4.69, 9.17) is 4.74 Å². The molecule has 1 aromatic carbocycles. The molecule has 8 nitrogen and oxygen atoms in total. The van der Waals surface area contributed by atoms with Crippen molar-refractivity contribution in [3.63, 3.8) is 0 Å². The van der Waals surface area contributed by atoms with Crippen molar-refractivity contribution >= 4 is 11.8 Å². The number of rotatable bonds is 17. The first-order valence-electron chi connectivity index (χ1n) is 13.7. The molecule has 2 rings (SSSR count). The quantitative estimate of drug-likeness (QED) is 0.0594. The SMILES string of the molecule is C/C=C\CCCC(=O)Oc1cccc(CO[N+](=O)[O-])c1.CCCCCCCC(=O)CCC1CCCC1O. The van der Waals surface area contributed by atoms with Gasteiger partial charge in [0.05, 0.1) is 6.10 Å². The summed E-state index contributed by atoms with van der Waals surface area (Å²) in [5.41, 5.74) is 0.570. The standard InChI is InChI=1S/C15H28O2.C14H17NO5/c1-2-3-4-5-6-9-14(16)12-11-13-8-7-10-15(13)17;1-2-3-4-5-9-14(16)20-13-8-6-7-12(10-13)11-19-15(17)18/h13,15,17H,2-12H2,1H3;2-3,6-8,10H,4-5,9,11H2,1H3/b;3-2-. The number of carbonyl (C=O) groups excluding carboxylic acids is 2. The molecule has 0 aromatic heterocycles. The van der Waals surface area contributed by atoms with Crippen molar-refractivity contribution in [1.82, 2.24) is 0 Å². The van der Waals surface area contributed by atoms with Gasteiger partial charge in [0, 0.05) is 19.3 Å². The molecule has 0 radical (unpaired) electrons. The summed E-state index contributed by atoms with van der Waals surface area (Å²) in [6.45, 7) is 3.97. The number of carbonyl (C=O) groups is 2. The molecule has 1 aromatic rings. The number of allylic oxidation sites excluding steroid dienone is 2. The largest absolute Gasteiger partial charge is 0.427 e. The van der Waals surface area contributed by atoms with E-state index in [1.165, 1.54) is 25.7 Å². The van der Waals surface area contributed by atoms with Crippen LogP contribution in [0.1, 0.15) is 109 Å². The van der Waals surface area contributed by atoms with E-state index in [1.54, 1.807) is 24.3 Å². The van der Waals surface area contributed by atoms with Crippen molar-refractivity contribution in [1.29, 1.82) is 0 Å². The molecule has 0 aliphatic heterocycles. The fourth-order valence-corrected chi connectivity index (χ4v) is 4.29. The topological polar surface area (TPSA) is 116 Å². The van der Waals surface area contributed by atoms with E-state index in [1.807, 2.05) is 19.1 Å². The van der Waals surface area contributed by atoms with Crippen molar-refractivity contribution in [3.8, 4) is 5.75 Å². The summed E-state index contributed by atoms with van der Waals surface area (Å²) in [7, 11) is 0. The summed E-state index contributed by atoms with van der Waals surface area (Å²) >= 11 is 0. The van der Waals surface area contributed by atoms with Gasteiger partial charge in [-0.2, -0.15) is 0 Å². The van der Waals surface area contributed by atoms with Gasteiger partial charge in [0.25, 0.3) is 5.09 Å². The van der Waals surface area contributed by atoms with E-state index in [0.717, 1.165) is 51.4 Å². The molecule has 2 unspecified atom stereocenters. The Labute approximate surface area is 221 Å². The zero-order valence-corrected chi connectivity index (χ0v) is 22.6. The molecule has 0 bridgehead atoms. The molecule has 1 aliphatic rings. The monoisotopic (exact) mass is 519 g/mol. The summed E-state index contributed by atoms with van der Waals surface area (Å²) in [6.07, 6.45) is 17.3. The maximum atomic E-state index is 11.7. The van der Waals surface area contributed by atoms with Crippen LogP contribution in [0.15, 0.2) is 36.4 Å². The van der Waals surface area contributed by atoms with Gasteiger partial charge in [0.15, 0.2) is 0 Å². The van der Waals surface area contributed by atoms with Crippen LogP contribution in [0.25, 0.3) is 0 Å². The Bertz CT molecular complexity index is 824. The molecular formula is C29H45NO7. The van der Waals surface area contributed by atoms with Gasteiger partial charge in [-0.15, -0.1) is 10.1 Å². The molecule has 8 heteroatoms. The normalized spacial score (nSPS) is 16.7. The average Bonchev–Trinajstić information content (AvgIpc) is 3.29. The lowest BCUT2D eigenvalue weighted by Gasteiger charge is -2.13. The minimum absolute atomic E-state index is 0.132. The third-order valence-corrected chi connectivity index (χ3v) is 6.43. The molecule has 1 aliphatic carbocycles. The molecule has 1 saturated carbocycles. The van der Waals surface area contributed by atoms with Gasteiger partial charge >= 0.3 is 5.97 Å². The summed E-state index contributed by atoms with van der Waals surface area (Å²) in [4.78, 5) is 37.6. The lowest BCUT2D eigenvalue weighted by Crippen LogP contribution is -2.14. The zero-order chi connectivity index (χ0) is 27.3. The summed E-state index contributed by atoms with van der Waals surface area (Å²) < 4.78 is 5.15. The van der Waals surface area contributed by atoms with Gasteiger partial charge in [-0.05, 0) is 69.1 Å². The number of ketones is 1. The number of aliphatic hydroxyl groups excluding tert-OH is 1. The lowest BCUT2D eigenvalue weighted by atomic mass is 9.96. The average molecular weight is 520 g/mol. The lowest BCUT2D eigenvalue weighted by molar-refractivity contribution is -0.763. The number of ether oxygens (including phenoxy) is 1. The fourth-order valence-electron chi connectivity index (χ4n) is 4.29. The highest BCUT2D eigenvalue weighted by atomic mass is 16.9. The van der Waals surface area contributed by atoms with E-state index in [2.05, 4.69) is 11.8 Å². The van der Waals surface area contributed by atoms with Crippen molar-refractivity contribution < 1.29 is 29.4 Å². The molecular weight excluding hydrogens is 474 g/mol. The Kier molecular flexibility index (Phi) is 17.7. The van der Waals surface area contributed by atoms with Gasteiger partial charge in [-0.3, -0.25) is 9.59 Å². The van der Waals surface area contributed by atoms with Gasteiger partial charge in [0.1, 0.15) is 18.1 Å². The maximum Gasteiger partial charge on any atom is 0.311 e. The predicted octanol–water partition coefficient (Wildman–Crippen LogP) is 6.90. The minimum atomic E-state index is -0.861. The van der Waals surface area contributed by atoms with Crippen LogP contribution in [0.4, 0.5) is 0 Å². The van der Waals surface area contributed by atoms with Crippen LogP contribution < -0.4 is 4.74 Å². The first-order valence-corrected chi connectivity index (χ1v) is 13.7. The minimum Gasteiger partial charge on any atom is -0.427 e. The van der Waals surface area contributed by atoms with E-state index in [0.29, 0.717) is 35.9 Å². The number of hydrogen-bond acceptors (Lipinski definition) is 7. The van der Waals surface area contributed by atoms with Gasteiger partial charge in [0.2, 0.25) is 0 Å². The molecule has 208 valence electrons. The number of benzene rings is 1. The number of unbranched alkanes of at least 4 members (excludes halogenated alkanes) is 5. The third-order valence-electron chi connectivity index (χ3n) is 6.43. The van der Waals surface area contributed by atoms with E-state index in [-0.39, 0.29) is 18.7 Å². The highest BCUT2D eigenvalue weighted by Gasteiger charge is 2.25. The fraction of sp³-hybridized carbons (Fsp3) is 0.655. The van der Waals surface area contributed by atoms with Crippen molar-refractivity contribution in [3.05, 3.63) is 52.1 Å². The van der Waals surface area contributed by atoms with Crippen LogP contribution >= 0.6 is 0 Å². The summed E-state index contributed by atoms with van der Waals surface area (Å²) in [6, 6.07) is 6.49. The van der Waals surface area contributed by atoms with Gasteiger partial charge in [-0.25, -0.2) is 0 Å². The van der Waals surface area contributed by atoms with Gasteiger partial charge in [-0.1, -0.05) is 63.3 Å². The Morgan fingerprint density at radius 1 is 1.11 bits per heavy atom. The van der Waals surface area contributed by atoms with Crippen molar-refractivity contribution in [2.24, 2.45) is 5.92 Å². The van der Waals surface area contributed by atoms with Crippen LogP contribution in [0.5, 0.6) is 5.75 Å². The molecule has 0 amide bonds. The smallest absolute Gasteiger partial charge is 0.311 e. The van der Waals surface area contributed by atoms with Crippen LogP contribution in [-0.2, 0) is 21.0 Å². The third kappa shape index (κ3) is 16.6. The number of hydrogen-bond donors (Lipinski definition) is 1. The second kappa shape index (κ2) is 20.3. The van der Waals surface area contributed by atoms with E-state index >= 15 is 0 Å². The molecule has 1 fully saturated rings. The number of esters is 1. The highest BCUT2D eigenvalue weighted by molar-refractivity contribution is 5.78. The number of aliphatic hydroxyl groups is 1. The first-order chi connectivity index (χ1) is 17.8. The van der Waals surface area contributed by atoms with Crippen LogP contribution in [-0.4, -0.2) is 28.0 Å². The van der Waals surface area contributed by atoms with Crippen LogP contribution in [0.3, 0.4) is 0 Å². The van der Waals surface area contributed by atoms with Crippen LogP contribution in [0.2, 0.25) is 0 Å². The predicted molar refractivity (Wildman–Crippen MR) is 143 cm³/mol. The molecule has 0 heterocycles. The highest BCUT2D eigenvalue weighted by Crippen LogP contribution is 2.29. The van der Waals surface area contributed by atoms with Gasteiger partial charge < -0.3 is 14.7 Å².